The lowest BCUT2D eigenvalue weighted by molar-refractivity contribution is 0.734. The van der Waals surface area contributed by atoms with Crippen molar-refractivity contribution in [2.75, 3.05) is 5.75 Å². The maximum atomic E-state index is 4.59. The van der Waals surface area contributed by atoms with Crippen molar-refractivity contribution in [2.24, 2.45) is 5.10 Å². The Hall–Kier alpha value is -1.62. The van der Waals surface area contributed by atoms with Gasteiger partial charge in [-0.25, -0.2) is 0 Å². The van der Waals surface area contributed by atoms with E-state index in [-0.39, 0.29) is 0 Å². The fourth-order valence-electron chi connectivity index (χ4n) is 1.71. The Balaban J connectivity index is 2.03. The second kappa shape index (κ2) is 4.00. The molecule has 2 heterocycles. The maximum Gasteiger partial charge on any atom is 0.212 e. The molecule has 0 unspecified atom stereocenters. The molecule has 4 nitrogen and oxygen atoms in total. The van der Waals surface area contributed by atoms with Crippen molar-refractivity contribution in [3.63, 3.8) is 0 Å². The number of hydrogen-bond acceptors (Lipinski definition) is 4. The van der Waals surface area contributed by atoms with E-state index in [0.717, 1.165) is 22.4 Å². The lowest BCUT2D eigenvalue weighted by atomic mass is 10.1. The Morgan fingerprint density at radius 3 is 2.65 bits per heavy atom. The number of thioether (sulfide) groups is 1. The summed E-state index contributed by atoms with van der Waals surface area (Å²) in [6.07, 6.45) is 0. The molecule has 0 N–H and O–H groups in total. The molecule has 0 amide bonds. The zero-order chi connectivity index (χ0) is 11.8. The van der Waals surface area contributed by atoms with Crippen LogP contribution in [0.1, 0.15) is 17.0 Å². The predicted molar refractivity (Wildman–Crippen MR) is 68.6 cm³/mol. The standard InChI is InChI=1S/C12H12N4S/c1-8-3-5-10(6-4-8)11-7-17-12-14-13-9(2)16(12)15-11/h3-6H,7H2,1-2H3. The monoisotopic (exact) mass is 244 g/mol. The van der Waals surface area contributed by atoms with Crippen molar-refractivity contribution in [1.82, 2.24) is 14.9 Å². The Labute approximate surface area is 104 Å². The highest BCUT2D eigenvalue weighted by Gasteiger charge is 2.17. The normalized spacial score (nSPS) is 14.4. The van der Waals surface area contributed by atoms with E-state index in [4.69, 9.17) is 0 Å². The van der Waals surface area contributed by atoms with E-state index in [2.05, 4.69) is 46.5 Å². The first kappa shape index (κ1) is 10.5. The van der Waals surface area contributed by atoms with Gasteiger partial charge in [-0.2, -0.15) is 9.78 Å². The zero-order valence-electron chi connectivity index (χ0n) is 9.71. The van der Waals surface area contributed by atoms with Crippen molar-refractivity contribution in [3.8, 4) is 0 Å². The molecule has 1 aromatic carbocycles. The van der Waals surface area contributed by atoms with Gasteiger partial charge in [0.25, 0.3) is 0 Å². The van der Waals surface area contributed by atoms with Crippen LogP contribution in [0.3, 0.4) is 0 Å². The topological polar surface area (TPSA) is 43.1 Å². The zero-order valence-corrected chi connectivity index (χ0v) is 10.5. The molecule has 86 valence electrons. The summed E-state index contributed by atoms with van der Waals surface area (Å²) in [5.74, 6) is 1.68. The molecule has 3 rings (SSSR count). The number of nitrogens with zero attached hydrogens (tertiary/aromatic N) is 4. The van der Waals surface area contributed by atoms with Crippen molar-refractivity contribution >= 4 is 17.5 Å². The summed E-state index contributed by atoms with van der Waals surface area (Å²) in [7, 11) is 0. The number of aryl methyl sites for hydroxylation is 2. The quantitative estimate of drug-likeness (QED) is 0.772. The molecule has 0 atom stereocenters. The van der Waals surface area contributed by atoms with E-state index in [1.165, 1.54) is 11.1 Å². The Kier molecular flexibility index (Phi) is 2.48. The van der Waals surface area contributed by atoms with Crippen LogP contribution < -0.4 is 0 Å². The molecule has 0 spiro atoms. The second-order valence-electron chi connectivity index (χ2n) is 4.04. The smallest absolute Gasteiger partial charge is 0.191 e. The maximum absolute atomic E-state index is 4.59. The lowest BCUT2D eigenvalue weighted by Crippen LogP contribution is -2.13. The van der Waals surface area contributed by atoms with Crippen molar-refractivity contribution in [1.29, 1.82) is 0 Å². The molecule has 0 saturated carbocycles. The first-order chi connectivity index (χ1) is 8.24. The van der Waals surface area contributed by atoms with Gasteiger partial charge < -0.3 is 0 Å². The fourth-order valence-corrected chi connectivity index (χ4v) is 2.60. The van der Waals surface area contributed by atoms with Gasteiger partial charge in [-0.1, -0.05) is 41.6 Å². The van der Waals surface area contributed by atoms with Crippen molar-refractivity contribution in [3.05, 3.63) is 41.2 Å². The molecule has 1 aliphatic rings. The minimum Gasteiger partial charge on any atom is -0.191 e. The molecular weight excluding hydrogens is 232 g/mol. The van der Waals surface area contributed by atoms with Gasteiger partial charge in [-0.15, -0.1) is 10.2 Å². The third-order valence-electron chi connectivity index (χ3n) is 2.71. The third kappa shape index (κ3) is 1.86. The van der Waals surface area contributed by atoms with E-state index >= 15 is 0 Å². The van der Waals surface area contributed by atoms with Gasteiger partial charge >= 0.3 is 0 Å². The molecule has 0 bridgehead atoms. The predicted octanol–water partition coefficient (Wildman–Crippen LogP) is 2.25. The van der Waals surface area contributed by atoms with Crippen LogP contribution in [0.5, 0.6) is 0 Å². The molecule has 2 aromatic rings. The fraction of sp³-hybridized carbons (Fsp3) is 0.250. The van der Waals surface area contributed by atoms with E-state index in [1.54, 1.807) is 11.8 Å². The Morgan fingerprint density at radius 2 is 1.88 bits per heavy atom. The van der Waals surface area contributed by atoms with Crippen molar-refractivity contribution < 1.29 is 0 Å². The van der Waals surface area contributed by atoms with E-state index in [9.17, 15) is 0 Å². The summed E-state index contributed by atoms with van der Waals surface area (Å²) >= 11 is 1.68. The summed E-state index contributed by atoms with van der Waals surface area (Å²) < 4.78 is 1.81. The minimum absolute atomic E-state index is 0.830. The van der Waals surface area contributed by atoms with Crippen LogP contribution in [0.15, 0.2) is 34.5 Å². The van der Waals surface area contributed by atoms with Gasteiger partial charge in [0.2, 0.25) is 5.16 Å². The van der Waals surface area contributed by atoms with Gasteiger partial charge in [-0.05, 0) is 19.4 Å². The lowest BCUT2D eigenvalue weighted by Gasteiger charge is -2.13. The van der Waals surface area contributed by atoms with Crippen molar-refractivity contribution in [2.45, 2.75) is 19.0 Å². The average Bonchev–Trinajstić information content (AvgIpc) is 2.72. The number of rotatable bonds is 1. The van der Waals surface area contributed by atoms with Crippen LogP contribution in [0.4, 0.5) is 0 Å². The molecule has 0 aliphatic carbocycles. The van der Waals surface area contributed by atoms with Crippen LogP contribution >= 0.6 is 11.8 Å². The summed E-state index contributed by atoms with van der Waals surface area (Å²) in [6.45, 7) is 4.00. The molecule has 0 radical (unpaired) electrons. The summed E-state index contributed by atoms with van der Waals surface area (Å²) in [6, 6.07) is 8.44. The number of fused-ring (bicyclic) bond motifs is 1. The van der Waals surface area contributed by atoms with E-state index < -0.39 is 0 Å². The third-order valence-corrected chi connectivity index (χ3v) is 3.64. The molecule has 0 saturated heterocycles. The van der Waals surface area contributed by atoms with E-state index in [0.29, 0.717) is 0 Å². The average molecular weight is 244 g/mol. The van der Waals surface area contributed by atoms with Crippen LogP contribution in [0.25, 0.3) is 0 Å². The number of aromatic nitrogens is 3. The van der Waals surface area contributed by atoms with Crippen LogP contribution in [0, 0.1) is 13.8 Å². The van der Waals surface area contributed by atoms with Gasteiger partial charge in [-0.3, -0.25) is 0 Å². The van der Waals surface area contributed by atoms with E-state index in [1.807, 2.05) is 11.6 Å². The van der Waals surface area contributed by atoms with Gasteiger partial charge in [0.05, 0.1) is 5.71 Å². The Morgan fingerprint density at radius 1 is 1.12 bits per heavy atom. The highest BCUT2D eigenvalue weighted by Crippen LogP contribution is 2.23. The SMILES string of the molecule is Cc1ccc(C2=Nn3c(C)nnc3SC2)cc1. The van der Waals surface area contributed by atoms with Crippen LogP contribution in [-0.4, -0.2) is 26.3 Å². The number of hydrogen-bond donors (Lipinski definition) is 0. The molecule has 1 aromatic heterocycles. The first-order valence-electron chi connectivity index (χ1n) is 5.44. The molecule has 0 fully saturated rings. The first-order valence-corrected chi connectivity index (χ1v) is 6.42. The van der Waals surface area contributed by atoms with Crippen LogP contribution in [0.2, 0.25) is 0 Å². The summed E-state index contributed by atoms with van der Waals surface area (Å²) in [5, 5.41) is 13.6. The largest absolute Gasteiger partial charge is 0.212 e. The highest BCUT2D eigenvalue weighted by atomic mass is 32.2. The Bertz CT molecular complexity index is 583. The van der Waals surface area contributed by atoms with Gasteiger partial charge in [0, 0.05) is 5.75 Å². The minimum atomic E-state index is 0.830. The van der Waals surface area contributed by atoms with Gasteiger partial charge in [0.15, 0.2) is 5.82 Å². The second-order valence-corrected chi connectivity index (χ2v) is 4.99. The van der Waals surface area contributed by atoms with Gasteiger partial charge in [0.1, 0.15) is 0 Å². The molecule has 5 heteroatoms. The molecule has 17 heavy (non-hydrogen) atoms. The molecular formula is C12H12N4S. The summed E-state index contributed by atoms with van der Waals surface area (Å²) in [4.78, 5) is 0. The molecule has 1 aliphatic heterocycles. The van der Waals surface area contributed by atoms with Crippen LogP contribution in [-0.2, 0) is 0 Å². The number of benzene rings is 1. The highest BCUT2D eigenvalue weighted by molar-refractivity contribution is 7.99. The summed E-state index contributed by atoms with van der Waals surface area (Å²) in [5.41, 5.74) is 3.51.